The number of fused-ring (bicyclic) bond motifs is 1. The Morgan fingerprint density at radius 2 is 1.67 bits per heavy atom. The van der Waals surface area contributed by atoms with E-state index in [1.54, 1.807) is 0 Å². The molecule has 136 valence electrons. The Kier molecular flexibility index (Phi) is 4.85. The Morgan fingerprint density at radius 3 is 2.21 bits per heavy atom. The van der Waals surface area contributed by atoms with E-state index < -0.39 is 56.4 Å². The average molecular weight is 372 g/mol. The molecule has 2 heterocycles. The minimum atomic E-state index is -5.01. The number of carbonyl (C=O) groups is 2. The molecule has 0 aromatic heterocycles. The maximum absolute atomic E-state index is 11.4. The van der Waals surface area contributed by atoms with Crippen molar-refractivity contribution < 1.29 is 63.1 Å². The van der Waals surface area contributed by atoms with Crippen LogP contribution in [0.5, 0.6) is 0 Å². The third-order valence-electron chi connectivity index (χ3n) is 3.13. The predicted molar refractivity (Wildman–Crippen MR) is 66.1 cm³/mol. The predicted octanol–water partition coefficient (Wildman–Crippen LogP) is -3.79. The highest BCUT2D eigenvalue weighted by Crippen LogP contribution is 2.42. The van der Waals surface area contributed by atoms with Gasteiger partial charge in [-0.05, 0) is 0 Å². The zero-order valence-corrected chi connectivity index (χ0v) is 12.5. The number of esters is 2. The van der Waals surface area contributed by atoms with Crippen LogP contribution in [-0.2, 0) is 32.9 Å². The molecule has 0 unspecified atom stereocenters. The second-order valence-electron chi connectivity index (χ2n) is 4.83. The minimum Gasteiger partial charge on any atom is -0.417 e. The molecule has 0 aromatic carbocycles. The first-order chi connectivity index (χ1) is 10.9. The van der Waals surface area contributed by atoms with E-state index in [9.17, 15) is 34.6 Å². The maximum atomic E-state index is 11.4. The first-order valence-corrected chi connectivity index (χ1v) is 7.74. The van der Waals surface area contributed by atoms with Gasteiger partial charge >= 0.3 is 31.5 Å². The van der Waals surface area contributed by atoms with E-state index >= 15 is 0 Å². The van der Waals surface area contributed by atoms with Crippen molar-refractivity contribution in [2.45, 2.75) is 30.1 Å². The molecule has 14 heteroatoms. The van der Waals surface area contributed by atoms with Crippen LogP contribution >= 0.6 is 7.82 Å². The lowest BCUT2D eigenvalue weighted by Gasteiger charge is -2.49. The third-order valence-corrected chi connectivity index (χ3v) is 3.61. The van der Waals surface area contributed by atoms with Gasteiger partial charge in [-0.1, -0.05) is 0 Å². The summed E-state index contributed by atoms with van der Waals surface area (Å²) in [6.07, 6.45) is -5.50. The van der Waals surface area contributed by atoms with Gasteiger partial charge in [-0.2, -0.15) is 0 Å². The molecule has 1 saturated heterocycles. The molecule has 6 N–H and O–H groups in total. The minimum absolute atomic E-state index is 0.516. The standard InChI is InChI=1S/C10H13O13P/c11-5-1-2-6(12)23-10(16)9(15,22-5)8(14)7(13)4(21-10)3-20-24(17,18)19/h1-2,4,7-8,13-16H,3H2,(H2,17,18,19)/b2-1-/t4-,7-,8+,9-,10+/m1/s1. The number of hydrogen-bond donors (Lipinski definition) is 6. The average Bonchev–Trinajstić information content (AvgIpc) is 2.44. The van der Waals surface area contributed by atoms with Crippen LogP contribution in [0.1, 0.15) is 0 Å². The number of ether oxygens (including phenoxy) is 3. The Balaban J connectivity index is 2.35. The van der Waals surface area contributed by atoms with E-state index in [0.717, 1.165) is 0 Å². The van der Waals surface area contributed by atoms with Gasteiger partial charge in [0.15, 0.2) is 6.10 Å². The highest BCUT2D eigenvalue weighted by atomic mass is 31.2. The lowest BCUT2D eigenvalue weighted by Crippen LogP contribution is -2.75. The molecule has 0 spiro atoms. The highest BCUT2D eigenvalue weighted by Gasteiger charge is 2.70. The van der Waals surface area contributed by atoms with Crippen molar-refractivity contribution in [2.75, 3.05) is 6.61 Å². The van der Waals surface area contributed by atoms with Gasteiger partial charge < -0.3 is 44.4 Å². The van der Waals surface area contributed by atoms with Crippen molar-refractivity contribution >= 4 is 19.8 Å². The van der Waals surface area contributed by atoms with E-state index in [1.165, 1.54) is 0 Å². The SMILES string of the molecule is O=C1/C=C\C(=O)O[C@]2(O)[C@@H](O)[C@H](O)[C@@H](COP(=O)(O)O)O[C@]2(O)O1. The second kappa shape index (κ2) is 6.15. The number of aliphatic hydroxyl groups is 4. The summed E-state index contributed by atoms with van der Waals surface area (Å²) in [5.41, 5.74) is 0. The fourth-order valence-corrected chi connectivity index (χ4v) is 2.34. The second-order valence-corrected chi connectivity index (χ2v) is 6.07. The van der Waals surface area contributed by atoms with Gasteiger partial charge in [-0.25, -0.2) is 14.2 Å². The lowest BCUT2D eigenvalue weighted by atomic mass is 9.94. The van der Waals surface area contributed by atoms with E-state index in [-0.39, 0.29) is 0 Å². The smallest absolute Gasteiger partial charge is 0.417 e. The number of phosphoric ester groups is 1. The Morgan fingerprint density at radius 1 is 1.12 bits per heavy atom. The van der Waals surface area contributed by atoms with Gasteiger partial charge in [-0.3, -0.25) is 4.52 Å². The summed E-state index contributed by atoms with van der Waals surface area (Å²) in [4.78, 5) is 40.1. The molecule has 24 heavy (non-hydrogen) atoms. The van der Waals surface area contributed by atoms with Crippen LogP contribution < -0.4 is 0 Å². The van der Waals surface area contributed by atoms with E-state index in [4.69, 9.17) is 9.79 Å². The fraction of sp³-hybridized carbons (Fsp3) is 0.600. The van der Waals surface area contributed by atoms with Gasteiger partial charge in [0.05, 0.1) is 6.61 Å². The van der Waals surface area contributed by atoms with Crippen LogP contribution in [-0.4, -0.2) is 78.8 Å². The molecule has 0 aliphatic carbocycles. The lowest BCUT2D eigenvalue weighted by molar-refractivity contribution is -0.510. The number of carbonyl (C=O) groups excluding carboxylic acids is 2. The largest absolute Gasteiger partial charge is 0.469 e. The van der Waals surface area contributed by atoms with Gasteiger partial charge in [0.1, 0.15) is 12.2 Å². The van der Waals surface area contributed by atoms with Crippen LogP contribution in [0.25, 0.3) is 0 Å². The van der Waals surface area contributed by atoms with Crippen LogP contribution in [0.15, 0.2) is 12.2 Å². The summed E-state index contributed by atoms with van der Waals surface area (Å²) in [6, 6.07) is 0. The van der Waals surface area contributed by atoms with Gasteiger partial charge in [-0.15, -0.1) is 0 Å². The fourth-order valence-electron chi connectivity index (χ4n) is 2.00. The molecule has 1 fully saturated rings. The Hall–Kier alpha value is -1.41. The van der Waals surface area contributed by atoms with E-state index in [2.05, 4.69) is 18.7 Å². The molecule has 0 saturated carbocycles. The molecule has 2 aliphatic heterocycles. The quantitative estimate of drug-likeness (QED) is 0.208. The number of phosphoric acid groups is 1. The van der Waals surface area contributed by atoms with Crippen LogP contribution in [0, 0.1) is 0 Å². The Labute approximate surface area is 132 Å². The summed E-state index contributed by atoms with van der Waals surface area (Å²) >= 11 is 0. The summed E-state index contributed by atoms with van der Waals surface area (Å²) in [7, 11) is -5.01. The van der Waals surface area contributed by atoms with Crippen LogP contribution in [0.3, 0.4) is 0 Å². The molecular formula is C10H13O13P. The number of aliphatic hydroxyl groups excluding tert-OH is 2. The van der Waals surface area contributed by atoms with Crippen LogP contribution in [0.2, 0.25) is 0 Å². The van der Waals surface area contributed by atoms with Crippen molar-refractivity contribution in [3.05, 3.63) is 12.2 Å². The molecule has 13 nitrogen and oxygen atoms in total. The maximum Gasteiger partial charge on any atom is 0.469 e. The van der Waals surface area contributed by atoms with Gasteiger partial charge in [0.2, 0.25) is 0 Å². The topological polar surface area (TPSA) is 210 Å². The summed E-state index contributed by atoms with van der Waals surface area (Å²) in [5, 5.41) is 40.2. The molecule has 2 aliphatic rings. The molecule has 0 amide bonds. The third kappa shape index (κ3) is 3.49. The van der Waals surface area contributed by atoms with Crippen molar-refractivity contribution in [3.63, 3.8) is 0 Å². The molecule has 0 radical (unpaired) electrons. The van der Waals surface area contributed by atoms with Crippen LogP contribution in [0.4, 0.5) is 0 Å². The molecular weight excluding hydrogens is 359 g/mol. The van der Waals surface area contributed by atoms with E-state index in [1.807, 2.05) is 0 Å². The van der Waals surface area contributed by atoms with E-state index in [0.29, 0.717) is 12.2 Å². The first-order valence-electron chi connectivity index (χ1n) is 6.21. The summed E-state index contributed by atoms with van der Waals surface area (Å²) in [5.74, 6) is -9.69. The molecule has 5 atom stereocenters. The number of rotatable bonds is 3. The van der Waals surface area contributed by atoms with Gasteiger partial charge in [0.25, 0.3) is 0 Å². The van der Waals surface area contributed by atoms with Crippen molar-refractivity contribution in [3.8, 4) is 0 Å². The van der Waals surface area contributed by atoms with Crippen molar-refractivity contribution in [2.24, 2.45) is 0 Å². The van der Waals surface area contributed by atoms with Crippen molar-refractivity contribution in [1.29, 1.82) is 0 Å². The van der Waals surface area contributed by atoms with Gasteiger partial charge in [0, 0.05) is 12.2 Å². The number of hydrogen-bond acceptors (Lipinski definition) is 11. The zero-order valence-electron chi connectivity index (χ0n) is 11.6. The molecule has 2 rings (SSSR count). The first kappa shape index (κ1) is 18.9. The molecule has 0 bridgehead atoms. The normalized spacial score (nSPS) is 41.5. The highest BCUT2D eigenvalue weighted by molar-refractivity contribution is 7.46. The molecule has 0 aromatic rings. The summed E-state index contributed by atoms with van der Waals surface area (Å²) in [6.45, 7) is -1.08. The zero-order chi connectivity index (χ0) is 18.3. The van der Waals surface area contributed by atoms with Crippen molar-refractivity contribution in [1.82, 2.24) is 0 Å². The summed E-state index contributed by atoms with van der Waals surface area (Å²) < 4.78 is 28.2. The Bertz CT molecular complexity index is 612. The monoisotopic (exact) mass is 372 g/mol.